The Bertz CT molecular complexity index is 1190. The number of hydrogen-bond acceptors (Lipinski definition) is 6. The highest BCUT2D eigenvalue weighted by Crippen LogP contribution is 2.35. The van der Waals surface area contributed by atoms with E-state index < -0.39 is 0 Å². The summed E-state index contributed by atoms with van der Waals surface area (Å²) in [7, 11) is 1.90. The quantitative estimate of drug-likeness (QED) is 0.579. The summed E-state index contributed by atoms with van der Waals surface area (Å²) in [5.41, 5.74) is 0.826. The van der Waals surface area contributed by atoms with Crippen molar-refractivity contribution in [1.82, 2.24) is 19.2 Å². The van der Waals surface area contributed by atoms with Crippen LogP contribution in [-0.2, 0) is 18.5 Å². The Hall–Kier alpha value is -3.17. The molecule has 1 aromatic heterocycles. The molecule has 5 rings (SSSR count). The van der Waals surface area contributed by atoms with Gasteiger partial charge in [-0.05, 0) is 55.9 Å². The first-order valence-electron chi connectivity index (χ1n) is 11.2. The second kappa shape index (κ2) is 9.36. The number of anilines is 1. The average molecular weight is 466 g/mol. The number of nitrogens with one attached hydrogen (secondary N) is 1. The van der Waals surface area contributed by atoms with E-state index in [1.54, 1.807) is 0 Å². The van der Waals surface area contributed by atoms with E-state index in [-0.39, 0.29) is 17.9 Å². The second-order valence-corrected chi connectivity index (χ2v) is 8.84. The molecule has 2 atom stereocenters. The summed E-state index contributed by atoms with van der Waals surface area (Å²) in [6.07, 6.45) is 1.50. The van der Waals surface area contributed by atoms with Gasteiger partial charge >= 0.3 is 0 Å². The molecule has 0 unspecified atom stereocenters. The van der Waals surface area contributed by atoms with E-state index in [0.717, 1.165) is 36.6 Å². The smallest absolute Gasteiger partial charge is 0.228 e. The predicted octanol–water partition coefficient (Wildman–Crippen LogP) is 3.77. The van der Waals surface area contributed by atoms with Gasteiger partial charge < -0.3 is 19.4 Å². The third kappa shape index (κ3) is 4.65. The third-order valence-corrected chi connectivity index (χ3v) is 6.61. The van der Waals surface area contributed by atoms with Crippen LogP contribution in [0.3, 0.4) is 0 Å². The number of carbonyl (C=O) groups excluding carboxylic acids is 1. The van der Waals surface area contributed by atoms with Gasteiger partial charge in [0.15, 0.2) is 28.2 Å². The Morgan fingerprint density at radius 3 is 2.73 bits per heavy atom. The number of benzene rings is 2. The van der Waals surface area contributed by atoms with Crippen LogP contribution in [0.2, 0.25) is 0 Å². The molecule has 0 radical (unpaired) electrons. The van der Waals surface area contributed by atoms with Gasteiger partial charge in [0.1, 0.15) is 6.61 Å². The molecule has 1 amide bonds. The summed E-state index contributed by atoms with van der Waals surface area (Å²) in [6, 6.07) is 17.2. The number of para-hydroxylation sites is 3. The van der Waals surface area contributed by atoms with Crippen molar-refractivity contribution in [2.45, 2.75) is 25.6 Å². The fraction of sp³-hybridized carbons (Fsp3) is 0.375. The van der Waals surface area contributed by atoms with E-state index in [1.165, 1.54) is 0 Å². The van der Waals surface area contributed by atoms with Crippen LogP contribution in [0.15, 0.2) is 54.6 Å². The van der Waals surface area contributed by atoms with Crippen LogP contribution in [0.1, 0.15) is 24.8 Å². The molecule has 1 saturated heterocycles. The lowest BCUT2D eigenvalue weighted by molar-refractivity contribution is -0.121. The van der Waals surface area contributed by atoms with Crippen LogP contribution in [0.25, 0.3) is 0 Å². The Morgan fingerprint density at radius 1 is 1.15 bits per heavy atom. The molecule has 3 heterocycles. The molecule has 33 heavy (non-hydrogen) atoms. The topological polar surface area (TPSA) is 73.5 Å². The van der Waals surface area contributed by atoms with Crippen molar-refractivity contribution in [2.75, 3.05) is 25.0 Å². The lowest BCUT2D eigenvalue weighted by atomic mass is 9.97. The molecule has 3 aromatic rings. The molecule has 0 spiro atoms. The second-order valence-electron chi connectivity index (χ2n) is 8.48. The standard InChI is InChI=1S/C24H27N5O3S/c1-27-22(21-15-31-19-11-5-6-12-20(19)32-21)26-29(24(27)33)16-28-13-7-8-17(14-28)23(30)25-18-9-3-2-4-10-18/h2-6,9-12,17,21H,7-8,13-16H2,1H3,(H,25,30)/t17-,21-/m1/s1. The lowest BCUT2D eigenvalue weighted by Gasteiger charge is -2.31. The van der Waals surface area contributed by atoms with Crippen LogP contribution < -0.4 is 14.8 Å². The highest BCUT2D eigenvalue weighted by Gasteiger charge is 2.29. The molecular formula is C24H27N5O3S. The van der Waals surface area contributed by atoms with Crippen LogP contribution in [0, 0.1) is 10.7 Å². The third-order valence-electron chi connectivity index (χ3n) is 6.12. The number of amides is 1. The number of hydrogen-bond donors (Lipinski definition) is 1. The van der Waals surface area contributed by atoms with E-state index in [9.17, 15) is 4.79 Å². The van der Waals surface area contributed by atoms with Crippen molar-refractivity contribution in [2.24, 2.45) is 13.0 Å². The molecule has 2 aromatic carbocycles. The van der Waals surface area contributed by atoms with Crippen molar-refractivity contribution >= 4 is 23.8 Å². The minimum absolute atomic E-state index is 0.0580. The van der Waals surface area contributed by atoms with E-state index in [0.29, 0.717) is 30.3 Å². The van der Waals surface area contributed by atoms with Gasteiger partial charge in [0.05, 0.1) is 12.6 Å². The van der Waals surface area contributed by atoms with Crippen molar-refractivity contribution in [3.63, 3.8) is 0 Å². The van der Waals surface area contributed by atoms with E-state index in [2.05, 4.69) is 10.2 Å². The normalized spacial score (nSPS) is 20.4. The van der Waals surface area contributed by atoms with Crippen molar-refractivity contribution in [3.05, 3.63) is 65.2 Å². The molecule has 9 heteroatoms. The minimum Gasteiger partial charge on any atom is -0.485 e. The Morgan fingerprint density at radius 2 is 1.91 bits per heavy atom. The van der Waals surface area contributed by atoms with Gasteiger partial charge in [-0.25, -0.2) is 4.68 Å². The fourth-order valence-electron chi connectivity index (χ4n) is 4.38. The van der Waals surface area contributed by atoms with Gasteiger partial charge in [-0.15, -0.1) is 0 Å². The summed E-state index contributed by atoms with van der Waals surface area (Å²) < 4.78 is 16.3. The zero-order valence-corrected chi connectivity index (χ0v) is 19.3. The van der Waals surface area contributed by atoms with Gasteiger partial charge in [-0.2, -0.15) is 5.10 Å². The van der Waals surface area contributed by atoms with Gasteiger partial charge in [-0.3, -0.25) is 9.69 Å². The summed E-state index contributed by atoms with van der Waals surface area (Å²) in [5.74, 6) is 2.16. The monoisotopic (exact) mass is 465 g/mol. The zero-order valence-electron chi connectivity index (χ0n) is 18.5. The molecule has 172 valence electrons. The van der Waals surface area contributed by atoms with E-state index in [1.807, 2.05) is 70.9 Å². The number of carbonyl (C=O) groups is 1. The molecule has 1 fully saturated rings. The maximum Gasteiger partial charge on any atom is 0.228 e. The zero-order chi connectivity index (χ0) is 22.8. The van der Waals surface area contributed by atoms with Gasteiger partial charge in [0.25, 0.3) is 0 Å². The molecule has 2 aliphatic rings. The van der Waals surface area contributed by atoms with Crippen LogP contribution in [-0.4, -0.2) is 44.9 Å². The number of fused-ring (bicyclic) bond motifs is 1. The molecule has 1 N–H and O–H groups in total. The van der Waals surface area contributed by atoms with Gasteiger partial charge in [-0.1, -0.05) is 30.3 Å². The first kappa shape index (κ1) is 21.7. The number of likely N-dealkylation sites (tertiary alicyclic amines) is 1. The van der Waals surface area contributed by atoms with Gasteiger partial charge in [0.2, 0.25) is 5.91 Å². The summed E-state index contributed by atoms with van der Waals surface area (Å²) in [6.45, 7) is 2.48. The van der Waals surface area contributed by atoms with Crippen molar-refractivity contribution in [3.8, 4) is 11.5 Å². The Balaban J connectivity index is 1.26. The van der Waals surface area contributed by atoms with Gasteiger partial charge in [0, 0.05) is 19.3 Å². The minimum atomic E-state index is -0.335. The molecular weight excluding hydrogens is 438 g/mol. The Kier molecular flexibility index (Phi) is 6.15. The summed E-state index contributed by atoms with van der Waals surface area (Å²) in [5, 5.41) is 7.79. The van der Waals surface area contributed by atoms with Crippen LogP contribution in [0.4, 0.5) is 5.69 Å². The molecule has 0 aliphatic carbocycles. The highest BCUT2D eigenvalue weighted by atomic mass is 32.1. The lowest BCUT2D eigenvalue weighted by Crippen LogP contribution is -2.41. The fourth-order valence-corrected chi connectivity index (χ4v) is 4.57. The molecule has 0 bridgehead atoms. The number of piperidine rings is 1. The number of ether oxygens (including phenoxy) is 2. The average Bonchev–Trinajstić information content (AvgIpc) is 3.13. The molecule has 8 nitrogen and oxygen atoms in total. The maximum absolute atomic E-state index is 12.8. The SMILES string of the molecule is Cn1c([C@H]2COc3ccccc3O2)nn(CN2CCC[C@@H](C(=O)Nc3ccccc3)C2)c1=S. The summed E-state index contributed by atoms with van der Waals surface area (Å²) in [4.78, 5) is 15.0. The Labute approximate surface area is 197 Å². The first-order valence-corrected chi connectivity index (χ1v) is 11.6. The van der Waals surface area contributed by atoms with E-state index >= 15 is 0 Å². The van der Waals surface area contributed by atoms with Crippen molar-refractivity contribution in [1.29, 1.82) is 0 Å². The number of rotatable bonds is 5. The maximum atomic E-state index is 12.8. The summed E-state index contributed by atoms with van der Waals surface area (Å²) >= 11 is 5.66. The molecule has 0 saturated carbocycles. The highest BCUT2D eigenvalue weighted by molar-refractivity contribution is 7.71. The van der Waals surface area contributed by atoms with Crippen LogP contribution >= 0.6 is 12.2 Å². The first-order chi connectivity index (χ1) is 16.1. The number of nitrogens with zero attached hydrogens (tertiary/aromatic N) is 4. The number of aromatic nitrogens is 3. The van der Waals surface area contributed by atoms with Crippen LogP contribution in [0.5, 0.6) is 11.5 Å². The predicted molar refractivity (Wildman–Crippen MR) is 127 cm³/mol. The van der Waals surface area contributed by atoms with E-state index in [4.69, 9.17) is 26.8 Å². The molecule has 2 aliphatic heterocycles. The largest absolute Gasteiger partial charge is 0.485 e. The van der Waals surface area contributed by atoms with Crippen molar-refractivity contribution < 1.29 is 14.3 Å².